The van der Waals surface area contributed by atoms with Crippen molar-refractivity contribution in [2.45, 2.75) is 12.1 Å². The van der Waals surface area contributed by atoms with Crippen LogP contribution in [0, 0.1) is 5.82 Å². The molecule has 1 aromatic heterocycles. The molecule has 2 heterocycles. The zero-order valence-electron chi connectivity index (χ0n) is 12.2. The van der Waals surface area contributed by atoms with Crippen molar-refractivity contribution in [1.82, 2.24) is 9.88 Å². The van der Waals surface area contributed by atoms with Gasteiger partial charge in [-0.05, 0) is 17.7 Å². The summed E-state index contributed by atoms with van der Waals surface area (Å²) in [6.45, 7) is -0.176. The number of halogens is 1. The van der Waals surface area contributed by atoms with Crippen molar-refractivity contribution in [3.8, 4) is 0 Å². The number of nitrogens with one attached hydrogen (secondary N) is 1. The number of thiazole rings is 1. The summed E-state index contributed by atoms with van der Waals surface area (Å²) in [6.07, 6.45) is 0.682. The number of amides is 2. The third-order valence-corrected chi connectivity index (χ3v) is 4.30. The van der Waals surface area contributed by atoms with E-state index in [4.69, 9.17) is 4.74 Å². The van der Waals surface area contributed by atoms with Crippen molar-refractivity contribution in [1.29, 1.82) is 0 Å². The number of ether oxygens (including phenoxy) is 1. The molecular formula is C15H14FN3O3S. The first-order chi connectivity index (χ1) is 11.1. The third-order valence-electron chi connectivity index (χ3n) is 3.62. The molecule has 6 nitrogen and oxygen atoms in total. The molecule has 0 bridgehead atoms. The molecule has 2 atom stereocenters. The summed E-state index contributed by atoms with van der Waals surface area (Å²) < 4.78 is 18.6. The number of hydrogen-bond donors (Lipinski definition) is 1. The number of carbonyl (C=O) groups is 2. The second-order valence-corrected chi connectivity index (χ2v) is 5.95. The van der Waals surface area contributed by atoms with E-state index in [1.807, 2.05) is 0 Å². The average Bonchev–Trinajstić information content (AvgIpc) is 3.04. The summed E-state index contributed by atoms with van der Waals surface area (Å²) in [4.78, 5) is 29.8. The van der Waals surface area contributed by atoms with E-state index in [1.54, 1.807) is 30.8 Å². The number of rotatable bonds is 3. The first-order valence-corrected chi connectivity index (χ1v) is 7.77. The molecule has 1 saturated heterocycles. The van der Waals surface area contributed by atoms with E-state index in [0.717, 1.165) is 0 Å². The maximum atomic E-state index is 13.1. The molecule has 120 valence electrons. The van der Waals surface area contributed by atoms with Crippen LogP contribution < -0.4 is 5.32 Å². The summed E-state index contributed by atoms with van der Waals surface area (Å²) in [5, 5.41) is 4.86. The van der Waals surface area contributed by atoms with Crippen molar-refractivity contribution >= 4 is 28.3 Å². The Morgan fingerprint density at radius 1 is 1.43 bits per heavy atom. The molecule has 2 aromatic rings. The van der Waals surface area contributed by atoms with E-state index in [-0.39, 0.29) is 18.3 Å². The summed E-state index contributed by atoms with van der Waals surface area (Å²) in [7, 11) is 1.60. The van der Waals surface area contributed by atoms with Gasteiger partial charge >= 0.3 is 0 Å². The van der Waals surface area contributed by atoms with Crippen LogP contribution in [0.5, 0.6) is 0 Å². The predicted octanol–water partition coefficient (Wildman–Crippen LogP) is 1.82. The van der Waals surface area contributed by atoms with Gasteiger partial charge in [0.25, 0.3) is 5.91 Å². The normalized spacial score (nSPS) is 21.3. The van der Waals surface area contributed by atoms with Gasteiger partial charge in [0.2, 0.25) is 5.91 Å². The van der Waals surface area contributed by atoms with E-state index >= 15 is 0 Å². The van der Waals surface area contributed by atoms with Gasteiger partial charge in [0.1, 0.15) is 12.4 Å². The van der Waals surface area contributed by atoms with Gasteiger partial charge in [-0.1, -0.05) is 12.1 Å². The van der Waals surface area contributed by atoms with Crippen LogP contribution in [0.25, 0.3) is 0 Å². The topological polar surface area (TPSA) is 71.5 Å². The van der Waals surface area contributed by atoms with Gasteiger partial charge in [0.15, 0.2) is 11.2 Å². The van der Waals surface area contributed by atoms with Crippen LogP contribution in [0.1, 0.15) is 11.6 Å². The van der Waals surface area contributed by atoms with Crippen LogP contribution in [0.3, 0.4) is 0 Å². The number of nitrogens with zero attached hydrogens (tertiary/aromatic N) is 2. The molecule has 1 fully saturated rings. The summed E-state index contributed by atoms with van der Waals surface area (Å²) in [5.74, 6) is -1.02. The fraction of sp³-hybridized carbons (Fsp3) is 0.267. The van der Waals surface area contributed by atoms with Crippen LogP contribution in [0.15, 0.2) is 35.8 Å². The van der Waals surface area contributed by atoms with Gasteiger partial charge in [0, 0.05) is 18.6 Å². The predicted molar refractivity (Wildman–Crippen MR) is 82.4 cm³/mol. The molecule has 0 spiro atoms. The number of likely N-dealkylation sites (N-methyl/N-ethyl adjacent to an activating group) is 1. The minimum Gasteiger partial charge on any atom is -0.356 e. The van der Waals surface area contributed by atoms with E-state index in [9.17, 15) is 14.0 Å². The fourth-order valence-corrected chi connectivity index (χ4v) is 2.98. The van der Waals surface area contributed by atoms with E-state index in [2.05, 4.69) is 10.3 Å². The molecule has 1 N–H and O–H groups in total. The summed E-state index contributed by atoms with van der Waals surface area (Å²) in [6, 6.07) is 5.04. The molecule has 8 heteroatoms. The van der Waals surface area contributed by atoms with Crippen molar-refractivity contribution in [2.24, 2.45) is 0 Å². The average molecular weight is 335 g/mol. The van der Waals surface area contributed by atoms with Gasteiger partial charge in [0.05, 0.1) is 6.04 Å². The zero-order chi connectivity index (χ0) is 16.4. The zero-order valence-corrected chi connectivity index (χ0v) is 13.0. The minimum absolute atomic E-state index is 0.176. The van der Waals surface area contributed by atoms with Crippen LogP contribution in [-0.2, 0) is 14.3 Å². The Kier molecular flexibility index (Phi) is 4.35. The number of benzene rings is 1. The number of carbonyl (C=O) groups excluding carboxylic acids is 2. The van der Waals surface area contributed by atoms with Crippen molar-refractivity contribution in [3.63, 3.8) is 0 Å². The largest absolute Gasteiger partial charge is 0.356 e. The quantitative estimate of drug-likeness (QED) is 0.929. The minimum atomic E-state index is -0.896. The highest BCUT2D eigenvalue weighted by Gasteiger charge is 2.40. The molecule has 1 aromatic carbocycles. The van der Waals surface area contributed by atoms with Gasteiger partial charge in [-0.3, -0.25) is 14.9 Å². The van der Waals surface area contributed by atoms with Crippen LogP contribution in [0.2, 0.25) is 0 Å². The van der Waals surface area contributed by atoms with Gasteiger partial charge < -0.3 is 9.64 Å². The Bertz CT molecular complexity index is 705. The lowest BCUT2D eigenvalue weighted by molar-refractivity contribution is -0.160. The second-order valence-electron chi connectivity index (χ2n) is 5.06. The molecule has 1 aliphatic rings. The Morgan fingerprint density at radius 3 is 2.83 bits per heavy atom. The van der Waals surface area contributed by atoms with Crippen LogP contribution in [-0.4, -0.2) is 41.5 Å². The third kappa shape index (κ3) is 3.22. The molecule has 0 unspecified atom stereocenters. The van der Waals surface area contributed by atoms with Gasteiger partial charge in [-0.2, -0.15) is 0 Å². The van der Waals surface area contributed by atoms with Gasteiger partial charge in [-0.15, -0.1) is 11.3 Å². The Balaban J connectivity index is 1.88. The molecule has 3 rings (SSSR count). The standard InChI is InChI=1S/C15H14FN3O3S/c1-19-11(20)8-22-13(14(21)18-15-17-6-7-23-15)12(19)9-2-4-10(16)5-3-9/h2-7,12-13H,8H2,1H3,(H,17,18,21)/t12-,13+/m1/s1. The van der Waals surface area contributed by atoms with Crippen LogP contribution in [0.4, 0.5) is 9.52 Å². The first kappa shape index (κ1) is 15.6. The Hall–Kier alpha value is -2.32. The fourth-order valence-electron chi connectivity index (χ4n) is 2.45. The van der Waals surface area contributed by atoms with E-state index < -0.39 is 18.1 Å². The number of anilines is 1. The summed E-state index contributed by atoms with van der Waals surface area (Å²) in [5.41, 5.74) is 0.626. The lowest BCUT2D eigenvalue weighted by Crippen LogP contribution is -2.51. The van der Waals surface area contributed by atoms with Crippen molar-refractivity contribution < 1.29 is 18.7 Å². The van der Waals surface area contributed by atoms with E-state index in [0.29, 0.717) is 10.7 Å². The smallest absolute Gasteiger partial charge is 0.257 e. The lowest BCUT2D eigenvalue weighted by Gasteiger charge is -2.38. The van der Waals surface area contributed by atoms with E-state index in [1.165, 1.54) is 28.4 Å². The number of hydrogen-bond acceptors (Lipinski definition) is 5. The van der Waals surface area contributed by atoms with Crippen molar-refractivity contribution in [3.05, 3.63) is 47.2 Å². The maximum absolute atomic E-state index is 13.1. The molecule has 0 radical (unpaired) electrons. The van der Waals surface area contributed by atoms with Crippen molar-refractivity contribution in [2.75, 3.05) is 19.0 Å². The molecule has 2 amide bonds. The highest BCUT2D eigenvalue weighted by Crippen LogP contribution is 2.30. The number of aromatic nitrogens is 1. The maximum Gasteiger partial charge on any atom is 0.257 e. The van der Waals surface area contributed by atoms with Crippen LogP contribution >= 0.6 is 11.3 Å². The second kappa shape index (κ2) is 6.43. The lowest BCUT2D eigenvalue weighted by atomic mass is 9.97. The van der Waals surface area contributed by atoms with Gasteiger partial charge in [-0.25, -0.2) is 9.37 Å². The Labute approximate surface area is 135 Å². The monoisotopic (exact) mass is 335 g/mol. The molecule has 0 aliphatic carbocycles. The highest BCUT2D eigenvalue weighted by atomic mass is 32.1. The summed E-state index contributed by atoms with van der Waals surface area (Å²) >= 11 is 1.29. The number of morpholine rings is 1. The SMILES string of the molecule is CN1C(=O)CO[C@H](C(=O)Nc2nccs2)[C@H]1c1ccc(F)cc1. The Morgan fingerprint density at radius 2 is 2.17 bits per heavy atom. The molecule has 23 heavy (non-hydrogen) atoms. The molecule has 1 aliphatic heterocycles. The molecule has 0 saturated carbocycles. The highest BCUT2D eigenvalue weighted by molar-refractivity contribution is 7.13. The molecular weight excluding hydrogens is 321 g/mol. The first-order valence-electron chi connectivity index (χ1n) is 6.89.